The molecule has 0 fully saturated rings. The summed E-state index contributed by atoms with van der Waals surface area (Å²) in [6.07, 6.45) is -0.915. The molecule has 76 valence electrons. The number of benzene rings is 1. The van der Waals surface area contributed by atoms with Crippen LogP contribution in [0.2, 0.25) is 5.02 Å². The van der Waals surface area contributed by atoms with E-state index in [0.717, 1.165) is 4.47 Å². The number of carboxylic acid groups (broad SMARTS) is 1. The maximum atomic E-state index is 10.5. The summed E-state index contributed by atoms with van der Waals surface area (Å²) >= 11 is 9.04. The summed E-state index contributed by atoms with van der Waals surface area (Å²) in [5.74, 6) is -0.669. The summed E-state index contributed by atoms with van der Waals surface area (Å²) in [4.78, 5) is 10.5. The molecule has 0 aromatic heterocycles. The number of ether oxygens (including phenoxy) is 1. The second-order valence-corrected chi connectivity index (χ2v) is 4.00. The molecule has 3 nitrogen and oxygen atoms in total. The van der Waals surface area contributed by atoms with Crippen LogP contribution in [0.15, 0.2) is 22.7 Å². The van der Waals surface area contributed by atoms with E-state index in [2.05, 4.69) is 15.9 Å². The second-order valence-electron chi connectivity index (χ2n) is 2.67. The Bertz CT molecular complexity index is 354. The number of carbonyl (C=O) groups is 1. The monoisotopic (exact) mass is 278 g/mol. The Kier molecular flexibility index (Phi) is 3.77. The molecule has 0 heterocycles. The van der Waals surface area contributed by atoms with E-state index in [0.29, 0.717) is 10.8 Å². The summed E-state index contributed by atoms with van der Waals surface area (Å²) in [7, 11) is 0. The van der Waals surface area contributed by atoms with Crippen LogP contribution in [0.3, 0.4) is 0 Å². The van der Waals surface area contributed by atoms with Gasteiger partial charge >= 0.3 is 5.97 Å². The van der Waals surface area contributed by atoms with Gasteiger partial charge in [0.1, 0.15) is 5.75 Å². The van der Waals surface area contributed by atoms with E-state index in [1.165, 1.54) is 6.92 Å². The normalized spacial score (nSPS) is 12.2. The zero-order chi connectivity index (χ0) is 10.7. The summed E-state index contributed by atoms with van der Waals surface area (Å²) in [5.41, 5.74) is 0. The van der Waals surface area contributed by atoms with E-state index in [1.54, 1.807) is 18.2 Å². The molecule has 0 saturated carbocycles. The first-order chi connectivity index (χ1) is 6.50. The molecule has 14 heavy (non-hydrogen) atoms. The molecule has 0 spiro atoms. The van der Waals surface area contributed by atoms with Crippen LogP contribution in [-0.2, 0) is 4.79 Å². The Morgan fingerprint density at radius 3 is 2.86 bits per heavy atom. The fraction of sp³-hybridized carbons (Fsp3) is 0.222. The van der Waals surface area contributed by atoms with Crippen LogP contribution in [-0.4, -0.2) is 17.2 Å². The fourth-order valence-electron chi connectivity index (χ4n) is 0.808. The lowest BCUT2D eigenvalue weighted by Gasteiger charge is -2.11. The molecule has 1 rings (SSSR count). The fourth-order valence-corrected chi connectivity index (χ4v) is 1.31. The molecule has 1 N–H and O–H groups in total. The molecule has 0 radical (unpaired) electrons. The average molecular weight is 280 g/mol. The molecule has 1 aromatic rings. The molecular formula is C9H8BrClO3. The van der Waals surface area contributed by atoms with Crippen molar-refractivity contribution in [3.8, 4) is 5.75 Å². The maximum Gasteiger partial charge on any atom is 0.344 e. The van der Waals surface area contributed by atoms with Gasteiger partial charge in [-0.05, 0) is 25.1 Å². The highest BCUT2D eigenvalue weighted by molar-refractivity contribution is 9.10. The molecule has 0 aliphatic carbocycles. The van der Waals surface area contributed by atoms with Gasteiger partial charge in [0.05, 0.1) is 5.02 Å². The van der Waals surface area contributed by atoms with Gasteiger partial charge in [-0.25, -0.2) is 4.79 Å². The number of hydrogen-bond donors (Lipinski definition) is 1. The van der Waals surface area contributed by atoms with Crippen LogP contribution in [0.25, 0.3) is 0 Å². The van der Waals surface area contributed by atoms with Crippen molar-refractivity contribution >= 4 is 33.5 Å². The first kappa shape index (κ1) is 11.3. The summed E-state index contributed by atoms with van der Waals surface area (Å²) in [6, 6.07) is 5.01. The van der Waals surface area contributed by atoms with E-state index in [1.807, 2.05) is 0 Å². The van der Waals surface area contributed by atoms with E-state index in [-0.39, 0.29) is 0 Å². The first-order valence-electron chi connectivity index (χ1n) is 3.85. The van der Waals surface area contributed by atoms with Gasteiger partial charge in [-0.2, -0.15) is 0 Å². The van der Waals surface area contributed by atoms with Crippen LogP contribution in [0.4, 0.5) is 0 Å². The number of carboxylic acids is 1. The van der Waals surface area contributed by atoms with Crippen molar-refractivity contribution in [1.29, 1.82) is 0 Å². The maximum absolute atomic E-state index is 10.5. The van der Waals surface area contributed by atoms with Gasteiger partial charge < -0.3 is 9.84 Å². The second kappa shape index (κ2) is 4.66. The molecule has 5 heteroatoms. The summed E-state index contributed by atoms with van der Waals surface area (Å²) in [6.45, 7) is 1.44. The van der Waals surface area contributed by atoms with Gasteiger partial charge in [-0.3, -0.25) is 0 Å². The van der Waals surface area contributed by atoms with E-state index < -0.39 is 12.1 Å². The van der Waals surface area contributed by atoms with Crippen LogP contribution < -0.4 is 4.74 Å². The van der Waals surface area contributed by atoms with Gasteiger partial charge in [0.15, 0.2) is 6.10 Å². The summed E-state index contributed by atoms with van der Waals surface area (Å²) < 4.78 is 5.91. The number of aliphatic carboxylic acids is 1. The molecule has 0 amide bonds. The average Bonchev–Trinajstić information content (AvgIpc) is 2.11. The van der Waals surface area contributed by atoms with Gasteiger partial charge in [0.25, 0.3) is 0 Å². The van der Waals surface area contributed by atoms with Crippen molar-refractivity contribution in [2.24, 2.45) is 0 Å². The van der Waals surface area contributed by atoms with Crippen molar-refractivity contribution < 1.29 is 14.6 Å². The van der Waals surface area contributed by atoms with Crippen molar-refractivity contribution in [2.75, 3.05) is 0 Å². The Labute approximate surface area is 94.8 Å². The minimum absolute atomic E-state index is 0.357. The van der Waals surface area contributed by atoms with Crippen LogP contribution in [0, 0.1) is 0 Å². The lowest BCUT2D eigenvalue weighted by atomic mass is 10.3. The number of halogens is 2. The van der Waals surface area contributed by atoms with E-state index in [4.69, 9.17) is 21.4 Å². The number of hydrogen-bond acceptors (Lipinski definition) is 2. The standard InChI is InChI=1S/C9H8BrClO3/c1-5(9(12)13)14-8-4-6(10)2-3-7(8)11/h2-5H,1H3,(H,12,13)/t5-/m1/s1. The van der Waals surface area contributed by atoms with E-state index >= 15 is 0 Å². The molecular weight excluding hydrogens is 271 g/mol. The molecule has 0 aliphatic rings. The highest BCUT2D eigenvalue weighted by Gasteiger charge is 2.14. The zero-order valence-corrected chi connectivity index (χ0v) is 9.67. The van der Waals surface area contributed by atoms with Gasteiger partial charge in [0.2, 0.25) is 0 Å². The van der Waals surface area contributed by atoms with E-state index in [9.17, 15) is 4.79 Å². The highest BCUT2D eigenvalue weighted by Crippen LogP contribution is 2.28. The van der Waals surface area contributed by atoms with Gasteiger partial charge in [-0.15, -0.1) is 0 Å². The topological polar surface area (TPSA) is 46.5 Å². The summed E-state index contributed by atoms with van der Waals surface area (Å²) in [5, 5.41) is 9.01. The van der Waals surface area contributed by atoms with Gasteiger partial charge in [0, 0.05) is 4.47 Å². The third-order valence-electron chi connectivity index (χ3n) is 1.54. The molecule has 0 unspecified atom stereocenters. The molecule has 0 saturated heterocycles. The predicted molar refractivity (Wildman–Crippen MR) is 56.9 cm³/mol. The van der Waals surface area contributed by atoms with Crippen molar-refractivity contribution in [3.05, 3.63) is 27.7 Å². The van der Waals surface area contributed by atoms with Crippen LogP contribution in [0.5, 0.6) is 5.75 Å². The molecule has 1 atom stereocenters. The Morgan fingerprint density at radius 1 is 1.64 bits per heavy atom. The molecule has 1 aromatic carbocycles. The smallest absolute Gasteiger partial charge is 0.344 e. The first-order valence-corrected chi connectivity index (χ1v) is 5.02. The van der Waals surface area contributed by atoms with Crippen LogP contribution in [0.1, 0.15) is 6.92 Å². The third-order valence-corrected chi connectivity index (χ3v) is 2.35. The zero-order valence-electron chi connectivity index (χ0n) is 7.33. The molecule has 0 bridgehead atoms. The quantitative estimate of drug-likeness (QED) is 0.925. The Hall–Kier alpha value is -0.740. The highest BCUT2D eigenvalue weighted by atomic mass is 79.9. The largest absolute Gasteiger partial charge is 0.479 e. The van der Waals surface area contributed by atoms with Crippen molar-refractivity contribution in [1.82, 2.24) is 0 Å². The van der Waals surface area contributed by atoms with Gasteiger partial charge in [-0.1, -0.05) is 27.5 Å². The van der Waals surface area contributed by atoms with Crippen LogP contribution >= 0.6 is 27.5 Å². The lowest BCUT2D eigenvalue weighted by Crippen LogP contribution is -2.22. The SMILES string of the molecule is C[C@@H](Oc1cc(Br)ccc1Cl)C(=O)O. The Morgan fingerprint density at radius 2 is 2.29 bits per heavy atom. The number of rotatable bonds is 3. The van der Waals surface area contributed by atoms with Crippen molar-refractivity contribution in [3.63, 3.8) is 0 Å². The predicted octanol–water partition coefficient (Wildman–Crippen LogP) is 2.95. The third kappa shape index (κ3) is 2.89. The minimum Gasteiger partial charge on any atom is -0.479 e. The lowest BCUT2D eigenvalue weighted by molar-refractivity contribution is -0.144. The molecule has 0 aliphatic heterocycles. The Balaban J connectivity index is 2.85. The van der Waals surface area contributed by atoms with Crippen molar-refractivity contribution in [2.45, 2.75) is 13.0 Å². The minimum atomic E-state index is -1.03.